The molecule has 0 fully saturated rings. The first-order valence-corrected chi connectivity index (χ1v) is 10.6. The summed E-state index contributed by atoms with van der Waals surface area (Å²) in [6.45, 7) is 7.24. The first-order valence-electron chi connectivity index (χ1n) is 10.6. The van der Waals surface area contributed by atoms with E-state index in [0.717, 1.165) is 16.9 Å². The lowest BCUT2D eigenvalue weighted by molar-refractivity contribution is 0.0597. The zero-order chi connectivity index (χ0) is 23.5. The summed E-state index contributed by atoms with van der Waals surface area (Å²) in [5, 5.41) is 16.8. The second kappa shape index (κ2) is 12.6. The summed E-state index contributed by atoms with van der Waals surface area (Å²) in [5.41, 5.74) is 2.02. The fourth-order valence-corrected chi connectivity index (χ4v) is 2.98. The minimum absolute atomic E-state index is 0.1000. The molecule has 1 atom stereocenters. The highest BCUT2D eigenvalue weighted by Gasteiger charge is 2.13. The average molecular weight is 444 g/mol. The molecule has 0 aliphatic carbocycles. The number of nitrogens with one attached hydrogen (secondary N) is 2. The Balaban J connectivity index is 2.01. The number of carbonyl (C=O) groups excluding carboxylic acids is 1. The molecule has 0 radical (unpaired) electrons. The van der Waals surface area contributed by atoms with Crippen LogP contribution < -0.4 is 20.1 Å². The maximum Gasteiger partial charge on any atom is 0.341 e. The highest BCUT2D eigenvalue weighted by atomic mass is 16.5. The van der Waals surface area contributed by atoms with Crippen molar-refractivity contribution in [3.05, 3.63) is 59.2 Å². The highest BCUT2D eigenvalue weighted by molar-refractivity contribution is 5.92. The van der Waals surface area contributed by atoms with Crippen molar-refractivity contribution in [2.24, 2.45) is 4.99 Å². The number of benzene rings is 2. The van der Waals surface area contributed by atoms with Gasteiger partial charge in [-0.1, -0.05) is 18.2 Å². The van der Waals surface area contributed by atoms with E-state index in [1.54, 1.807) is 18.2 Å². The Morgan fingerprint density at radius 2 is 1.81 bits per heavy atom. The van der Waals surface area contributed by atoms with Crippen LogP contribution in [0.5, 0.6) is 11.5 Å². The first kappa shape index (κ1) is 25.0. The topological polar surface area (TPSA) is 101 Å². The third-order valence-electron chi connectivity index (χ3n) is 4.53. The number of nitrogens with zero attached hydrogens (tertiary/aromatic N) is 1. The molecule has 3 N–H and O–H groups in total. The number of aliphatic hydroxyl groups is 1. The van der Waals surface area contributed by atoms with Gasteiger partial charge in [-0.25, -0.2) is 9.79 Å². The highest BCUT2D eigenvalue weighted by Crippen LogP contribution is 2.22. The van der Waals surface area contributed by atoms with Crippen LogP contribution in [-0.4, -0.2) is 50.4 Å². The molecule has 0 saturated carbocycles. The minimum atomic E-state index is -0.702. The molecule has 0 heterocycles. The van der Waals surface area contributed by atoms with Gasteiger partial charge in [0.25, 0.3) is 0 Å². The molecule has 0 aliphatic rings. The van der Waals surface area contributed by atoms with Crippen LogP contribution in [0.1, 0.15) is 48.4 Å². The Morgan fingerprint density at radius 1 is 1.09 bits per heavy atom. The monoisotopic (exact) mass is 443 g/mol. The van der Waals surface area contributed by atoms with E-state index in [1.807, 2.05) is 45.0 Å². The molecule has 0 spiro atoms. The number of hydrogen-bond acceptors (Lipinski definition) is 6. The minimum Gasteiger partial charge on any atom is -0.496 e. The number of rotatable bonds is 10. The summed E-state index contributed by atoms with van der Waals surface area (Å²) in [7, 11) is 2.83. The summed E-state index contributed by atoms with van der Waals surface area (Å²) >= 11 is 0. The summed E-state index contributed by atoms with van der Waals surface area (Å²) in [5.74, 6) is 1.32. The zero-order valence-corrected chi connectivity index (χ0v) is 19.3. The number of hydrogen-bond donors (Lipinski definition) is 3. The molecule has 0 saturated heterocycles. The third-order valence-corrected chi connectivity index (χ3v) is 4.53. The summed E-state index contributed by atoms with van der Waals surface area (Å²) in [6, 6.07) is 12.6. The second-order valence-corrected chi connectivity index (χ2v) is 7.35. The number of guanidine groups is 1. The van der Waals surface area contributed by atoms with Gasteiger partial charge in [0.2, 0.25) is 0 Å². The van der Waals surface area contributed by atoms with Crippen molar-refractivity contribution in [1.29, 1.82) is 0 Å². The van der Waals surface area contributed by atoms with Gasteiger partial charge in [0.1, 0.15) is 17.1 Å². The van der Waals surface area contributed by atoms with E-state index in [4.69, 9.17) is 14.2 Å². The standard InChI is InChI=1S/C24H33N3O5/c1-6-25-24(26-14-17-7-12-20(23(29)31-5)22(13-17)30-4)27-15-21(28)18-8-10-19(11-9-18)32-16(2)3/h7-13,16,21,28H,6,14-15H2,1-5H3,(H2,25,26,27). The van der Waals surface area contributed by atoms with Gasteiger partial charge in [-0.3, -0.25) is 0 Å². The predicted molar refractivity (Wildman–Crippen MR) is 124 cm³/mol. The van der Waals surface area contributed by atoms with Crippen LogP contribution in [0, 0.1) is 0 Å². The Kier molecular flexibility index (Phi) is 9.81. The van der Waals surface area contributed by atoms with Crippen LogP contribution >= 0.6 is 0 Å². The average Bonchev–Trinajstić information content (AvgIpc) is 2.80. The van der Waals surface area contributed by atoms with Crippen LogP contribution in [0.4, 0.5) is 0 Å². The summed E-state index contributed by atoms with van der Waals surface area (Å²) < 4.78 is 15.7. The van der Waals surface area contributed by atoms with E-state index in [1.165, 1.54) is 14.2 Å². The van der Waals surface area contributed by atoms with Crippen molar-refractivity contribution in [2.45, 2.75) is 39.5 Å². The van der Waals surface area contributed by atoms with Crippen molar-refractivity contribution >= 4 is 11.9 Å². The van der Waals surface area contributed by atoms with Gasteiger partial charge in [-0.05, 0) is 56.2 Å². The second-order valence-electron chi connectivity index (χ2n) is 7.35. The van der Waals surface area contributed by atoms with Crippen LogP contribution in [0.25, 0.3) is 0 Å². The number of methoxy groups -OCH3 is 2. The Labute approximate surface area is 189 Å². The quantitative estimate of drug-likeness (QED) is 0.295. The third kappa shape index (κ3) is 7.46. The molecule has 8 nitrogen and oxygen atoms in total. The van der Waals surface area contributed by atoms with E-state index >= 15 is 0 Å². The lowest BCUT2D eigenvalue weighted by Crippen LogP contribution is -2.39. The van der Waals surface area contributed by atoms with E-state index in [9.17, 15) is 9.90 Å². The number of ether oxygens (including phenoxy) is 3. The van der Waals surface area contributed by atoms with Crippen molar-refractivity contribution in [3.8, 4) is 11.5 Å². The molecule has 0 aliphatic heterocycles. The molecular formula is C24H33N3O5. The summed E-state index contributed by atoms with van der Waals surface area (Å²) in [4.78, 5) is 16.4. The smallest absolute Gasteiger partial charge is 0.341 e. The van der Waals surface area contributed by atoms with Gasteiger partial charge in [0, 0.05) is 13.1 Å². The molecule has 2 aromatic rings. The van der Waals surface area contributed by atoms with Crippen molar-refractivity contribution in [3.63, 3.8) is 0 Å². The van der Waals surface area contributed by atoms with Crippen molar-refractivity contribution in [2.75, 3.05) is 27.3 Å². The largest absolute Gasteiger partial charge is 0.496 e. The zero-order valence-electron chi connectivity index (χ0n) is 19.3. The van der Waals surface area contributed by atoms with Crippen LogP contribution in [-0.2, 0) is 11.3 Å². The number of carbonyl (C=O) groups is 1. The molecule has 0 amide bonds. The summed E-state index contributed by atoms with van der Waals surface area (Å²) in [6.07, 6.45) is -0.602. The molecule has 2 aromatic carbocycles. The first-order chi connectivity index (χ1) is 15.4. The molecular weight excluding hydrogens is 410 g/mol. The SMILES string of the molecule is CCNC(=NCc1ccc(C(=O)OC)c(OC)c1)NCC(O)c1ccc(OC(C)C)cc1. The fraction of sp³-hybridized carbons (Fsp3) is 0.417. The maximum atomic E-state index is 11.8. The van der Waals surface area contributed by atoms with Gasteiger partial charge in [0.15, 0.2) is 5.96 Å². The molecule has 1 unspecified atom stereocenters. The van der Waals surface area contributed by atoms with Crippen LogP contribution in [0.2, 0.25) is 0 Å². The van der Waals surface area contributed by atoms with Crippen LogP contribution in [0.15, 0.2) is 47.5 Å². The lowest BCUT2D eigenvalue weighted by Gasteiger charge is -2.16. The molecule has 8 heteroatoms. The Bertz CT molecular complexity index is 897. The Morgan fingerprint density at radius 3 is 2.41 bits per heavy atom. The molecule has 0 aromatic heterocycles. The molecule has 0 bridgehead atoms. The predicted octanol–water partition coefficient (Wildman–Crippen LogP) is 3.06. The lowest BCUT2D eigenvalue weighted by atomic mass is 10.1. The van der Waals surface area contributed by atoms with Gasteiger partial charge in [-0.15, -0.1) is 0 Å². The molecule has 174 valence electrons. The number of aliphatic hydroxyl groups excluding tert-OH is 1. The van der Waals surface area contributed by atoms with Gasteiger partial charge < -0.3 is 30.0 Å². The van der Waals surface area contributed by atoms with Crippen molar-refractivity contribution in [1.82, 2.24) is 10.6 Å². The van der Waals surface area contributed by atoms with E-state index in [2.05, 4.69) is 15.6 Å². The van der Waals surface area contributed by atoms with E-state index in [-0.39, 0.29) is 6.10 Å². The van der Waals surface area contributed by atoms with Crippen molar-refractivity contribution < 1.29 is 24.1 Å². The van der Waals surface area contributed by atoms with Gasteiger partial charge in [-0.2, -0.15) is 0 Å². The maximum absolute atomic E-state index is 11.8. The Hall–Kier alpha value is -3.26. The van der Waals surface area contributed by atoms with Gasteiger partial charge >= 0.3 is 5.97 Å². The fourth-order valence-electron chi connectivity index (χ4n) is 2.98. The van der Waals surface area contributed by atoms with Gasteiger partial charge in [0.05, 0.1) is 33.0 Å². The normalized spacial score (nSPS) is 12.3. The van der Waals surface area contributed by atoms with E-state index < -0.39 is 12.1 Å². The molecule has 32 heavy (non-hydrogen) atoms. The van der Waals surface area contributed by atoms with E-state index in [0.29, 0.717) is 36.9 Å². The number of esters is 1. The molecule has 2 rings (SSSR count). The number of aliphatic imine (C=N–C) groups is 1. The van der Waals surface area contributed by atoms with Crippen LogP contribution in [0.3, 0.4) is 0 Å².